The summed E-state index contributed by atoms with van der Waals surface area (Å²) < 4.78 is 25.3. The normalized spacial score (nSPS) is 11.6. The average molecular weight is 305 g/mol. The van der Waals surface area contributed by atoms with Gasteiger partial charge in [-0.1, -0.05) is 12.1 Å². The van der Waals surface area contributed by atoms with E-state index in [1.54, 1.807) is 12.1 Å². The topological polar surface area (TPSA) is 75.4 Å². The Kier molecular flexibility index (Phi) is 4.20. The largest absolute Gasteiger partial charge is 0.397 e. The molecule has 0 aliphatic heterocycles. The lowest BCUT2D eigenvalue weighted by Crippen LogP contribution is -2.22. The Morgan fingerprint density at radius 1 is 1.10 bits per heavy atom. The van der Waals surface area contributed by atoms with E-state index >= 15 is 0 Å². The molecular formula is C15H19N3O2S. The van der Waals surface area contributed by atoms with Gasteiger partial charge in [0.1, 0.15) is 0 Å². The summed E-state index contributed by atoms with van der Waals surface area (Å²) in [5, 5.41) is 3.19. The number of aryl methyl sites for hydroxylation is 1. The van der Waals surface area contributed by atoms with Gasteiger partial charge in [0.2, 0.25) is 10.0 Å². The van der Waals surface area contributed by atoms with Gasteiger partial charge >= 0.3 is 0 Å². The Hall–Kier alpha value is -2.05. The number of anilines is 3. The van der Waals surface area contributed by atoms with E-state index < -0.39 is 10.0 Å². The fourth-order valence-corrected chi connectivity index (χ4v) is 2.84. The van der Waals surface area contributed by atoms with Crippen molar-refractivity contribution in [3.05, 3.63) is 48.0 Å². The Bertz CT molecular complexity index is 755. The zero-order valence-corrected chi connectivity index (χ0v) is 13.1. The second-order valence-corrected chi connectivity index (χ2v) is 7.18. The number of sulfonamides is 1. The standard InChI is InChI=1S/C15H19N3O2S/c1-11-5-4-6-12(9-11)17-15-8-7-13(10-14(15)16)21(19,20)18(2)3/h4-10,17H,16H2,1-3H3. The lowest BCUT2D eigenvalue weighted by molar-refractivity contribution is 0.521. The third kappa shape index (κ3) is 3.34. The molecule has 0 saturated carbocycles. The molecule has 0 amide bonds. The maximum absolute atomic E-state index is 12.0. The van der Waals surface area contributed by atoms with E-state index in [0.717, 1.165) is 15.6 Å². The maximum atomic E-state index is 12.0. The molecule has 0 spiro atoms. The molecule has 0 aliphatic rings. The van der Waals surface area contributed by atoms with Gasteiger partial charge in [0.05, 0.1) is 16.3 Å². The highest BCUT2D eigenvalue weighted by Gasteiger charge is 2.18. The van der Waals surface area contributed by atoms with Gasteiger partial charge in [0.15, 0.2) is 0 Å². The van der Waals surface area contributed by atoms with Crippen LogP contribution in [0.4, 0.5) is 17.1 Å². The van der Waals surface area contributed by atoms with Gasteiger partial charge in [-0.05, 0) is 42.8 Å². The Morgan fingerprint density at radius 3 is 2.38 bits per heavy atom. The zero-order valence-electron chi connectivity index (χ0n) is 12.3. The summed E-state index contributed by atoms with van der Waals surface area (Å²) in [5.74, 6) is 0. The Balaban J connectivity index is 2.32. The molecule has 3 N–H and O–H groups in total. The molecule has 0 unspecified atom stereocenters. The molecule has 2 aromatic rings. The molecule has 0 radical (unpaired) electrons. The molecule has 0 aromatic heterocycles. The molecule has 0 aliphatic carbocycles. The molecular weight excluding hydrogens is 286 g/mol. The fourth-order valence-electron chi connectivity index (χ4n) is 1.90. The predicted molar refractivity (Wildman–Crippen MR) is 86.2 cm³/mol. The molecule has 2 aromatic carbocycles. The summed E-state index contributed by atoms with van der Waals surface area (Å²) in [6.07, 6.45) is 0. The molecule has 0 fully saturated rings. The van der Waals surface area contributed by atoms with Crippen LogP contribution in [0.3, 0.4) is 0 Å². The van der Waals surface area contributed by atoms with Crippen LogP contribution in [0, 0.1) is 6.92 Å². The number of nitrogens with zero attached hydrogens (tertiary/aromatic N) is 1. The lowest BCUT2D eigenvalue weighted by atomic mass is 10.2. The summed E-state index contributed by atoms with van der Waals surface area (Å²) in [7, 11) is -0.489. The van der Waals surface area contributed by atoms with Crippen molar-refractivity contribution < 1.29 is 8.42 Å². The molecule has 0 bridgehead atoms. The van der Waals surface area contributed by atoms with Gasteiger partial charge in [-0.2, -0.15) is 0 Å². The predicted octanol–water partition coefficient (Wildman–Crippen LogP) is 2.57. The van der Waals surface area contributed by atoms with E-state index in [9.17, 15) is 8.42 Å². The van der Waals surface area contributed by atoms with Crippen LogP contribution in [0.25, 0.3) is 0 Å². The molecule has 21 heavy (non-hydrogen) atoms. The lowest BCUT2D eigenvalue weighted by Gasteiger charge is -2.14. The molecule has 5 nitrogen and oxygen atoms in total. The quantitative estimate of drug-likeness (QED) is 0.851. The van der Waals surface area contributed by atoms with E-state index in [1.165, 1.54) is 20.2 Å². The smallest absolute Gasteiger partial charge is 0.242 e. The van der Waals surface area contributed by atoms with Crippen molar-refractivity contribution in [2.75, 3.05) is 25.1 Å². The van der Waals surface area contributed by atoms with Crippen molar-refractivity contribution in [2.45, 2.75) is 11.8 Å². The van der Waals surface area contributed by atoms with Gasteiger partial charge in [0.25, 0.3) is 0 Å². The van der Waals surface area contributed by atoms with Crippen LogP contribution in [0.2, 0.25) is 0 Å². The van der Waals surface area contributed by atoms with E-state index in [-0.39, 0.29) is 4.90 Å². The van der Waals surface area contributed by atoms with Crippen molar-refractivity contribution in [1.29, 1.82) is 0 Å². The first kappa shape index (κ1) is 15.3. The fraction of sp³-hybridized carbons (Fsp3) is 0.200. The van der Waals surface area contributed by atoms with E-state index in [2.05, 4.69) is 5.32 Å². The third-order valence-corrected chi connectivity index (χ3v) is 4.91. The van der Waals surface area contributed by atoms with Crippen molar-refractivity contribution in [3.8, 4) is 0 Å². The van der Waals surface area contributed by atoms with Crippen LogP contribution >= 0.6 is 0 Å². The van der Waals surface area contributed by atoms with Crippen LogP contribution in [0.5, 0.6) is 0 Å². The van der Waals surface area contributed by atoms with Crippen molar-refractivity contribution in [1.82, 2.24) is 4.31 Å². The van der Waals surface area contributed by atoms with Crippen LogP contribution in [-0.4, -0.2) is 26.8 Å². The van der Waals surface area contributed by atoms with Gasteiger partial charge < -0.3 is 11.1 Å². The number of hydrogen-bond acceptors (Lipinski definition) is 4. The molecule has 0 heterocycles. The highest BCUT2D eigenvalue weighted by atomic mass is 32.2. The van der Waals surface area contributed by atoms with Gasteiger partial charge in [0, 0.05) is 19.8 Å². The van der Waals surface area contributed by atoms with Gasteiger partial charge in [-0.3, -0.25) is 0 Å². The number of rotatable bonds is 4. The SMILES string of the molecule is Cc1cccc(Nc2ccc(S(=O)(=O)N(C)C)cc2N)c1. The van der Waals surface area contributed by atoms with Crippen molar-refractivity contribution in [3.63, 3.8) is 0 Å². The Morgan fingerprint density at radius 2 is 1.81 bits per heavy atom. The van der Waals surface area contributed by atoms with Gasteiger partial charge in [-0.15, -0.1) is 0 Å². The van der Waals surface area contributed by atoms with Crippen LogP contribution < -0.4 is 11.1 Å². The number of benzene rings is 2. The highest BCUT2D eigenvalue weighted by molar-refractivity contribution is 7.89. The zero-order chi connectivity index (χ0) is 15.6. The number of nitrogen functional groups attached to an aromatic ring is 1. The van der Waals surface area contributed by atoms with E-state index in [1.807, 2.05) is 31.2 Å². The first-order chi connectivity index (χ1) is 9.80. The number of nitrogens with one attached hydrogen (secondary N) is 1. The van der Waals surface area contributed by atoms with Crippen molar-refractivity contribution in [2.24, 2.45) is 0 Å². The molecule has 2 rings (SSSR count). The van der Waals surface area contributed by atoms with E-state index in [0.29, 0.717) is 11.4 Å². The molecule has 112 valence electrons. The monoisotopic (exact) mass is 305 g/mol. The first-order valence-corrected chi connectivity index (χ1v) is 7.90. The third-order valence-electron chi connectivity index (χ3n) is 3.10. The van der Waals surface area contributed by atoms with Gasteiger partial charge in [-0.25, -0.2) is 12.7 Å². The number of hydrogen-bond donors (Lipinski definition) is 2. The minimum Gasteiger partial charge on any atom is -0.397 e. The average Bonchev–Trinajstić information content (AvgIpc) is 2.41. The minimum absolute atomic E-state index is 0.180. The summed E-state index contributed by atoms with van der Waals surface area (Å²) >= 11 is 0. The number of nitrogens with two attached hydrogens (primary N) is 1. The highest BCUT2D eigenvalue weighted by Crippen LogP contribution is 2.27. The first-order valence-electron chi connectivity index (χ1n) is 6.46. The second-order valence-electron chi connectivity index (χ2n) is 5.03. The molecule has 0 saturated heterocycles. The molecule has 0 atom stereocenters. The van der Waals surface area contributed by atoms with Crippen LogP contribution in [0.1, 0.15) is 5.56 Å². The molecule has 6 heteroatoms. The summed E-state index contributed by atoms with van der Waals surface area (Å²) in [6, 6.07) is 12.5. The summed E-state index contributed by atoms with van der Waals surface area (Å²) in [6.45, 7) is 2.00. The Labute approximate surface area is 125 Å². The second kappa shape index (κ2) is 5.75. The summed E-state index contributed by atoms with van der Waals surface area (Å²) in [5.41, 5.74) is 9.06. The van der Waals surface area contributed by atoms with Crippen molar-refractivity contribution >= 4 is 27.1 Å². The minimum atomic E-state index is -3.47. The van der Waals surface area contributed by atoms with Crippen LogP contribution in [-0.2, 0) is 10.0 Å². The van der Waals surface area contributed by atoms with Crippen LogP contribution in [0.15, 0.2) is 47.4 Å². The maximum Gasteiger partial charge on any atom is 0.242 e. The van der Waals surface area contributed by atoms with E-state index in [4.69, 9.17) is 5.73 Å². The summed E-state index contributed by atoms with van der Waals surface area (Å²) in [4.78, 5) is 0.180.